The first-order valence-corrected chi connectivity index (χ1v) is 26.1. The van der Waals surface area contributed by atoms with Crippen molar-refractivity contribution in [2.45, 2.75) is 316 Å². The number of carboxylic acid groups (broad SMARTS) is 1. The van der Waals surface area contributed by atoms with E-state index in [-0.39, 0.29) is 6.04 Å². The van der Waals surface area contributed by atoms with Crippen LogP contribution in [0.2, 0.25) is 0 Å². The van der Waals surface area contributed by atoms with Crippen LogP contribution in [-0.2, 0) is 4.79 Å². The molecule has 330 valence electrons. The molecule has 0 saturated heterocycles. The van der Waals surface area contributed by atoms with Crippen molar-refractivity contribution in [1.29, 1.82) is 0 Å². The second kappa shape index (κ2) is 47.8. The Morgan fingerprint density at radius 3 is 0.709 bits per heavy atom. The fourth-order valence-corrected chi connectivity index (χ4v) is 8.92. The summed E-state index contributed by atoms with van der Waals surface area (Å²) in [4.78, 5) is 14.3. The van der Waals surface area contributed by atoms with E-state index in [0.29, 0.717) is 6.42 Å². The van der Waals surface area contributed by atoms with E-state index in [0.717, 1.165) is 25.9 Å². The summed E-state index contributed by atoms with van der Waals surface area (Å²) >= 11 is 0. The number of hydrogen-bond acceptors (Lipinski definition) is 2. The molecule has 0 heterocycles. The highest BCUT2D eigenvalue weighted by Gasteiger charge is 2.20. The van der Waals surface area contributed by atoms with Gasteiger partial charge in [0.1, 0.15) is 0 Å². The maximum absolute atomic E-state index is 11.7. The zero-order chi connectivity index (χ0) is 40.0. The number of unbranched alkanes of at least 4 members (excludes halogenated alkanes) is 40. The molecule has 0 fully saturated rings. The van der Waals surface area contributed by atoms with Gasteiger partial charge in [0.2, 0.25) is 0 Å². The molecule has 0 amide bonds. The average molecular weight is 776 g/mol. The van der Waals surface area contributed by atoms with Crippen molar-refractivity contribution in [2.75, 3.05) is 13.1 Å². The monoisotopic (exact) mass is 776 g/mol. The van der Waals surface area contributed by atoms with Gasteiger partial charge in [-0.05, 0) is 32.4 Å². The lowest BCUT2D eigenvalue weighted by molar-refractivity contribution is -0.138. The second-order valence-corrected chi connectivity index (χ2v) is 18.2. The van der Waals surface area contributed by atoms with Crippen LogP contribution in [0.15, 0.2) is 0 Å². The molecule has 3 nitrogen and oxygen atoms in total. The van der Waals surface area contributed by atoms with Gasteiger partial charge in [-0.15, -0.1) is 0 Å². The Hall–Kier alpha value is -0.570. The maximum Gasteiger partial charge on any atom is 0.304 e. The molecular weight excluding hydrogens is 671 g/mol. The summed E-state index contributed by atoms with van der Waals surface area (Å²) in [6.45, 7) is 9.01. The molecule has 0 bridgehead atoms. The fourth-order valence-electron chi connectivity index (χ4n) is 8.92. The minimum Gasteiger partial charge on any atom is -0.481 e. The first-order valence-electron chi connectivity index (χ1n) is 26.1. The summed E-state index contributed by atoms with van der Waals surface area (Å²) in [7, 11) is 0. The van der Waals surface area contributed by atoms with Crippen LogP contribution in [0.1, 0.15) is 310 Å². The highest BCUT2D eigenvalue weighted by molar-refractivity contribution is 5.67. The molecule has 3 heteroatoms. The van der Waals surface area contributed by atoms with Crippen LogP contribution in [0, 0.1) is 0 Å². The van der Waals surface area contributed by atoms with Gasteiger partial charge in [-0.2, -0.15) is 0 Å². The minimum atomic E-state index is -0.624. The van der Waals surface area contributed by atoms with E-state index < -0.39 is 5.97 Å². The van der Waals surface area contributed by atoms with E-state index in [1.807, 2.05) is 0 Å². The molecule has 0 aromatic carbocycles. The van der Waals surface area contributed by atoms with Crippen molar-refractivity contribution in [2.24, 2.45) is 0 Å². The zero-order valence-corrected chi connectivity index (χ0v) is 38.6. The van der Waals surface area contributed by atoms with Crippen molar-refractivity contribution in [3.05, 3.63) is 0 Å². The predicted molar refractivity (Wildman–Crippen MR) is 248 cm³/mol. The predicted octanol–water partition coefficient (Wildman–Crippen LogP) is 18.4. The van der Waals surface area contributed by atoms with Crippen molar-refractivity contribution in [3.63, 3.8) is 0 Å². The third-order valence-electron chi connectivity index (χ3n) is 12.6. The lowest BCUT2D eigenvalue weighted by atomic mass is 10.0. The van der Waals surface area contributed by atoms with Crippen LogP contribution in [0.5, 0.6) is 0 Å². The number of nitrogens with zero attached hydrogens (tertiary/aromatic N) is 1. The summed E-state index contributed by atoms with van der Waals surface area (Å²) in [6, 6.07) is 0.220. The van der Waals surface area contributed by atoms with Crippen molar-refractivity contribution < 1.29 is 9.90 Å². The van der Waals surface area contributed by atoms with Gasteiger partial charge >= 0.3 is 5.97 Å². The van der Waals surface area contributed by atoms with Crippen LogP contribution in [-0.4, -0.2) is 35.1 Å². The number of hydrogen-bond donors (Lipinski definition) is 1. The van der Waals surface area contributed by atoms with Gasteiger partial charge in [-0.25, -0.2) is 0 Å². The molecule has 55 heavy (non-hydrogen) atoms. The Morgan fingerprint density at radius 1 is 0.327 bits per heavy atom. The smallest absolute Gasteiger partial charge is 0.304 e. The molecule has 0 aromatic heterocycles. The Bertz CT molecular complexity index is 664. The van der Waals surface area contributed by atoms with Crippen LogP contribution < -0.4 is 0 Å². The minimum absolute atomic E-state index is 0.220. The standard InChI is InChI=1S/C52H105NO2/c1-4-7-9-11-13-15-17-19-21-23-25-27-29-31-33-35-37-39-41-43-45-48-53(51(47-6-3)50-52(54)55)49-46-44-42-40-38-36-34-32-30-28-26-24-22-20-18-16-14-12-10-8-5-2/h51H,4-50H2,1-3H3,(H,54,55). The van der Waals surface area contributed by atoms with Gasteiger partial charge in [-0.1, -0.05) is 284 Å². The molecule has 1 unspecified atom stereocenters. The van der Waals surface area contributed by atoms with Gasteiger partial charge in [0.05, 0.1) is 6.42 Å². The molecule has 0 aliphatic carbocycles. The lowest BCUT2D eigenvalue weighted by Gasteiger charge is -2.31. The molecule has 0 aromatic rings. The number of aliphatic carboxylic acids is 1. The molecule has 0 aliphatic rings. The van der Waals surface area contributed by atoms with Gasteiger partial charge in [0, 0.05) is 6.04 Å². The quantitative estimate of drug-likeness (QED) is 0.0626. The third kappa shape index (κ3) is 44.4. The van der Waals surface area contributed by atoms with Crippen LogP contribution in [0.3, 0.4) is 0 Å². The number of rotatable bonds is 49. The molecule has 0 rings (SSSR count). The van der Waals surface area contributed by atoms with Gasteiger partial charge in [0.15, 0.2) is 0 Å². The lowest BCUT2D eigenvalue weighted by Crippen LogP contribution is -2.38. The SMILES string of the molecule is CCCCCCCCCCCCCCCCCCCCCCCN(CCCCCCCCCCCCCCCCCCCCCCC)C(CCC)CC(=O)O. The Labute approximate surface area is 348 Å². The van der Waals surface area contributed by atoms with E-state index >= 15 is 0 Å². The van der Waals surface area contributed by atoms with Gasteiger partial charge < -0.3 is 5.11 Å². The van der Waals surface area contributed by atoms with E-state index in [1.54, 1.807) is 0 Å². The largest absolute Gasteiger partial charge is 0.481 e. The number of carboxylic acids is 1. The van der Waals surface area contributed by atoms with E-state index in [1.165, 1.54) is 270 Å². The van der Waals surface area contributed by atoms with Gasteiger partial charge in [-0.3, -0.25) is 9.69 Å². The van der Waals surface area contributed by atoms with Crippen LogP contribution in [0.25, 0.3) is 0 Å². The summed E-state index contributed by atoms with van der Waals surface area (Å²) < 4.78 is 0. The van der Waals surface area contributed by atoms with Crippen molar-refractivity contribution in [1.82, 2.24) is 4.90 Å². The highest BCUT2D eigenvalue weighted by atomic mass is 16.4. The summed E-state index contributed by atoms with van der Waals surface area (Å²) in [5, 5.41) is 9.63. The summed E-state index contributed by atoms with van der Waals surface area (Å²) in [5.74, 6) is -0.624. The zero-order valence-electron chi connectivity index (χ0n) is 38.6. The van der Waals surface area contributed by atoms with E-state index in [2.05, 4.69) is 25.7 Å². The highest BCUT2D eigenvalue weighted by Crippen LogP contribution is 2.19. The molecular formula is C52H105NO2. The Kier molecular flexibility index (Phi) is 47.3. The first kappa shape index (κ1) is 54.4. The third-order valence-corrected chi connectivity index (χ3v) is 12.6. The Morgan fingerprint density at radius 2 is 0.527 bits per heavy atom. The number of carbonyl (C=O) groups is 1. The van der Waals surface area contributed by atoms with Crippen LogP contribution >= 0.6 is 0 Å². The Balaban J connectivity index is 3.77. The molecule has 0 spiro atoms. The molecule has 0 aliphatic heterocycles. The average Bonchev–Trinajstić information content (AvgIpc) is 3.18. The molecule has 0 radical (unpaired) electrons. The summed E-state index contributed by atoms with van der Waals surface area (Å²) in [5.41, 5.74) is 0. The van der Waals surface area contributed by atoms with Crippen LogP contribution in [0.4, 0.5) is 0 Å². The second-order valence-electron chi connectivity index (χ2n) is 18.2. The van der Waals surface area contributed by atoms with Crippen molar-refractivity contribution >= 4 is 5.97 Å². The summed E-state index contributed by atoms with van der Waals surface area (Å²) in [6.07, 6.45) is 62.0. The van der Waals surface area contributed by atoms with E-state index in [4.69, 9.17) is 0 Å². The maximum atomic E-state index is 11.7. The van der Waals surface area contributed by atoms with Crippen molar-refractivity contribution in [3.8, 4) is 0 Å². The molecule has 1 N–H and O–H groups in total. The normalized spacial score (nSPS) is 12.3. The molecule has 0 saturated carbocycles. The van der Waals surface area contributed by atoms with E-state index in [9.17, 15) is 9.90 Å². The fraction of sp³-hybridized carbons (Fsp3) is 0.981. The van der Waals surface area contributed by atoms with Gasteiger partial charge in [0.25, 0.3) is 0 Å². The topological polar surface area (TPSA) is 40.5 Å². The molecule has 1 atom stereocenters. The first-order chi connectivity index (χ1) is 27.2.